The highest BCUT2D eigenvalue weighted by Crippen LogP contribution is 2.50. The molecule has 0 amide bonds. The Hall–Kier alpha value is -0.410. The van der Waals surface area contributed by atoms with Crippen LogP contribution >= 0.6 is 29.1 Å². The van der Waals surface area contributed by atoms with E-state index in [1.807, 2.05) is 25.1 Å². The van der Waals surface area contributed by atoms with Gasteiger partial charge in [0, 0.05) is 6.16 Å². The number of aryl methyl sites for hydroxylation is 1. The van der Waals surface area contributed by atoms with Crippen LogP contribution in [-0.2, 0) is 6.16 Å². The Morgan fingerprint density at radius 3 is 2.73 bits per heavy atom. The quantitative estimate of drug-likeness (QED) is 0.580. The molecule has 15 heavy (non-hydrogen) atoms. The number of ether oxygens (including phenoxy) is 1. The fourth-order valence-corrected chi connectivity index (χ4v) is 2.57. The maximum absolute atomic E-state index is 5.78. The highest BCUT2D eigenvalue weighted by molar-refractivity contribution is 8.03. The lowest BCUT2D eigenvalue weighted by Crippen LogP contribution is -1.95. The molecule has 0 atom stereocenters. The van der Waals surface area contributed by atoms with Gasteiger partial charge in [0.15, 0.2) is 0 Å². The van der Waals surface area contributed by atoms with Crippen molar-refractivity contribution < 1.29 is 4.74 Å². The first-order valence-corrected chi connectivity index (χ1v) is 7.72. The van der Waals surface area contributed by atoms with Crippen molar-refractivity contribution in [2.45, 2.75) is 13.1 Å². The number of benzene rings is 1. The Morgan fingerprint density at radius 2 is 2.20 bits per heavy atom. The molecule has 0 aliphatic carbocycles. The Balaban J connectivity index is 2.75. The van der Waals surface area contributed by atoms with Crippen LogP contribution in [0.5, 0.6) is 5.75 Å². The lowest BCUT2D eigenvalue weighted by molar-refractivity contribution is 0.370. The Kier molecular flexibility index (Phi) is 5.26. The van der Waals surface area contributed by atoms with Gasteiger partial charge in [-0.3, -0.25) is 0 Å². The van der Waals surface area contributed by atoms with Crippen molar-refractivity contribution in [2.24, 2.45) is 0 Å². The fourth-order valence-electron chi connectivity index (χ4n) is 1.19. The van der Waals surface area contributed by atoms with Crippen molar-refractivity contribution in [2.75, 3.05) is 6.61 Å². The maximum Gasteiger partial charge on any atom is 0.148 e. The van der Waals surface area contributed by atoms with E-state index in [-0.39, 0.29) is 6.61 Å². The molecule has 1 rings (SSSR count). The minimum atomic E-state index is -0.942. The predicted molar refractivity (Wildman–Crippen MR) is 67.8 cm³/mol. The first-order chi connectivity index (χ1) is 7.13. The standard InChI is InChI=1S/C11H11Cl2OP/c1-3-6-14-11-5-4-10(8-15(12)13)9(2)7-11/h1,4-5,7H,6,8H2,2H3. The Bertz CT molecular complexity index is 371. The predicted octanol–water partition coefficient (Wildman–Crippen LogP) is 4.30. The summed E-state index contributed by atoms with van der Waals surface area (Å²) in [7, 11) is 0. The Labute approximate surface area is 101 Å². The van der Waals surface area contributed by atoms with Gasteiger partial charge >= 0.3 is 0 Å². The summed E-state index contributed by atoms with van der Waals surface area (Å²) in [6.45, 7) is 1.35. The van der Waals surface area contributed by atoms with Gasteiger partial charge in [-0.05, 0) is 30.2 Å². The molecule has 0 unspecified atom stereocenters. The zero-order valence-electron chi connectivity index (χ0n) is 8.34. The second kappa shape index (κ2) is 6.23. The van der Waals surface area contributed by atoms with Crippen molar-refractivity contribution >= 4 is 29.1 Å². The van der Waals surface area contributed by atoms with E-state index < -0.39 is 6.63 Å². The van der Waals surface area contributed by atoms with Crippen LogP contribution in [0.4, 0.5) is 0 Å². The molecule has 0 spiro atoms. The minimum absolute atomic E-state index is 0.288. The first-order valence-electron chi connectivity index (χ1n) is 4.38. The third-order valence-corrected chi connectivity index (χ3v) is 3.22. The number of terminal acetylenes is 1. The van der Waals surface area contributed by atoms with E-state index in [0.717, 1.165) is 16.9 Å². The molecule has 0 aromatic heterocycles. The van der Waals surface area contributed by atoms with Gasteiger partial charge in [0.25, 0.3) is 0 Å². The average molecular weight is 261 g/mol. The molecule has 80 valence electrons. The van der Waals surface area contributed by atoms with E-state index in [1.54, 1.807) is 0 Å². The zero-order chi connectivity index (χ0) is 11.3. The van der Waals surface area contributed by atoms with E-state index in [1.165, 1.54) is 0 Å². The van der Waals surface area contributed by atoms with Crippen LogP contribution in [0, 0.1) is 19.3 Å². The average Bonchev–Trinajstić information content (AvgIpc) is 2.18. The first kappa shape index (κ1) is 12.7. The van der Waals surface area contributed by atoms with Gasteiger partial charge in [-0.2, -0.15) is 0 Å². The van der Waals surface area contributed by atoms with Crippen molar-refractivity contribution in [3.63, 3.8) is 0 Å². The van der Waals surface area contributed by atoms with Crippen LogP contribution in [0.1, 0.15) is 11.1 Å². The highest BCUT2D eigenvalue weighted by Gasteiger charge is 2.05. The van der Waals surface area contributed by atoms with Gasteiger partial charge in [0.1, 0.15) is 12.4 Å². The number of halogens is 2. The van der Waals surface area contributed by atoms with Crippen molar-refractivity contribution in [1.29, 1.82) is 0 Å². The summed E-state index contributed by atoms with van der Waals surface area (Å²) >= 11 is 11.6. The molecule has 1 aromatic rings. The van der Waals surface area contributed by atoms with Gasteiger partial charge in [-0.1, -0.05) is 34.5 Å². The Morgan fingerprint density at radius 1 is 1.47 bits per heavy atom. The molecule has 1 nitrogen and oxygen atoms in total. The number of rotatable bonds is 4. The molecule has 0 N–H and O–H groups in total. The molecule has 0 aliphatic heterocycles. The van der Waals surface area contributed by atoms with E-state index in [4.69, 9.17) is 33.6 Å². The third kappa shape index (κ3) is 4.31. The molecule has 0 fully saturated rings. The van der Waals surface area contributed by atoms with Gasteiger partial charge in [0.05, 0.1) is 6.63 Å². The molecule has 0 bridgehead atoms. The molecule has 0 radical (unpaired) electrons. The fraction of sp³-hybridized carbons (Fsp3) is 0.273. The van der Waals surface area contributed by atoms with Crippen LogP contribution < -0.4 is 4.74 Å². The lowest BCUT2D eigenvalue weighted by Gasteiger charge is -2.08. The molecule has 0 aliphatic rings. The molecular weight excluding hydrogens is 250 g/mol. The normalized spacial score (nSPS) is 10.1. The summed E-state index contributed by atoms with van der Waals surface area (Å²) in [5, 5.41) is 0. The van der Waals surface area contributed by atoms with Crippen LogP contribution in [0.15, 0.2) is 18.2 Å². The van der Waals surface area contributed by atoms with Crippen molar-refractivity contribution in [3.8, 4) is 18.1 Å². The second-order valence-electron chi connectivity index (χ2n) is 3.04. The zero-order valence-corrected chi connectivity index (χ0v) is 10.7. The van der Waals surface area contributed by atoms with Crippen LogP contribution in [0.2, 0.25) is 0 Å². The van der Waals surface area contributed by atoms with Crippen molar-refractivity contribution in [1.82, 2.24) is 0 Å². The van der Waals surface area contributed by atoms with Gasteiger partial charge in [-0.15, -0.1) is 6.42 Å². The summed E-state index contributed by atoms with van der Waals surface area (Å²) in [6, 6.07) is 5.80. The largest absolute Gasteiger partial charge is 0.481 e. The van der Waals surface area contributed by atoms with E-state index in [2.05, 4.69) is 5.92 Å². The number of hydrogen-bond acceptors (Lipinski definition) is 1. The maximum atomic E-state index is 5.78. The van der Waals surface area contributed by atoms with Gasteiger partial charge in [0.2, 0.25) is 0 Å². The summed E-state index contributed by atoms with van der Waals surface area (Å²) < 4.78 is 5.30. The SMILES string of the molecule is C#CCOc1ccc(CP(Cl)Cl)c(C)c1. The molecule has 1 aromatic carbocycles. The van der Waals surface area contributed by atoms with Gasteiger partial charge in [-0.25, -0.2) is 0 Å². The molecular formula is C11H11Cl2OP. The van der Waals surface area contributed by atoms with Gasteiger partial charge < -0.3 is 4.74 Å². The van der Waals surface area contributed by atoms with E-state index in [9.17, 15) is 0 Å². The van der Waals surface area contributed by atoms with Crippen LogP contribution in [-0.4, -0.2) is 6.61 Å². The summed E-state index contributed by atoms with van der Waals surface area (Å²) in [5.41, 5.74) is 2.28. The van der Waals surface area contributed by atoms with Crippen LogP contribution in [0.25, 0.3) is 0 Å². The molecule has 0 heterocycles. The van der Waals surface area contributed by atoms with E-state index in [0.29, 0.717) is 6.16 Å². The van der Waals surface area contributed by atoms with Crippen molar-refractivity contribution in [3.05, 3.63) is 29.3 Å². The number of hydrogen-bond donors (Lipinski definition) is 0. The summed E-state index contributed by atoms with van der Waals surface area (Å²) in [5.74, 6) is 3.20. The lowest BCUT2D eigenvalue weighted by atomic mass is 10.1. The highest BCUT2D eigenvalue weighted by atomic mass is 35.9. The molecule has 0 saturated carbocycles. The minimum Gasteiger partial charge on any atom is -0.481 e. The molecule has 4 heteroatoms. The topological polar surface area (TPSA) is 9.23 Å². The molecule has 0 saturated heterocycles. The smallest absolute Gasteiger partial charge is 0.148 e. The monoisotopic (exact) mass is 260 g/mol. The summed E-state index contributed by atoms with van der Waals surface area (Å²) in [6.07, 6.45) is 5.81. The second-order valence-corrected chi connectivity index (χ2v) is 6.93. The van der Waals surface area contributed by atoms with Crippen LogP contribution in [0.3, 0.4) is 0 Å². The third-order valence-electron chi connectivity index (χ3n) is 1.93. The van der Waals surface area contributed by atoms with E-state index >= 15 is 0 Å². The summed E-state index contributed by atoms with van der Waals surface area (Å²) in [4.78, 5) is 0.